The van der Waals surface area contributed by atoms with Crippen LogP contribution in [0, 0.1) is 0 Å². The minimum Gasteiger partial charge on any atom is -0.315 e. The van der Waals surface area contributed by atoms with E-state index in [1.807, 2.05) is 0 Å². The van der Waals surface area contributed by atoms with Gasteiger partial charge in [-0.25, -0.2) is 5.01 Å². The highest BCUT2D eigenvalue weighted by molar-refractivity contribution is 5.78. The molecule has 3 fully saturated rings. The summed E-state index contributed by atoms with van der Waals surface area (Å²) >= 11 is 0. The molecule has 1 atom stereocenters. The fourth-order valence-electron chi connectivity index (χ4n) is 3.39. The maximum absolute atomic E-state index is 12.0. The van der Waals surface area contributed by atoms with Crippen LogP contribution in [0.15, 0.2) is 0 Å². The molecule has 0 aromatic heterocycles. The highest BCUT2D eigenvalue weighted by Gasteiger charge is 2.39. The number of amides is 1. The molecule has 1 saturated carbocycles. The first kappa shape index (κ1) is 10.5. The fraction of sp³-hybridized carbons (Fsp3) is 0.917. The van der Waals surface area contributed by atoms with Crippen molar-refractivity contribution in [1.29, 1.82) is 0 Å². The van der Waals surface area contributed by atoms with E-state index in [-0.39, 0.29) is 0 Å². The Balaban J connectivity index is 1.73. The van der Waals surface area contributed by atoms with Crippen LogP contribution in [0.5, 0.6) is 0 Å². The SMILES string of the molecule is O=C1CCN(C2CCNC2)N1C1CCCC1. The van der Waals surface area contributed by atoms with Crippen molar-refractivity contribution in [2.24, 2.45) is 0 Å². The van der Waals surface area contributed by atoms with Crippen molar-refractivity contribution in [3.63, 3.8) is 0 Å². The number of carbonyl (C=O) groups is 1. The van der Waals surface area contributed by atoms with Gasteiger partial charge in [0, 0.05) is 31.6 Å². The molecule has 0 spiro atoms. The lowest BCUT2D eigenvalue weighted by molar-refractivity contribution is -0.145. The minimum atomic E-state index is 0.360. The zero-order valence-electron chi connectivity index (χ0n) is 9.82. The van der Waals surface area contributed by atoms with E-state index >= 15 is 0 Å². The van der Waals surface area contributed by atoms with Crippen LogP contribution in [0.1, 0.15) is 38.5 Å². The highest BCUT2D eigenvalue weighted by Crippen LogP contribution is 2.30. The van der Waals surface area contributed by atoms with Crippen LogP contribution in [0.4, 0.5) is 0 Å². The lowest BCUT2D eigenvalue weighted by Gasteiger charge is -2.36. The third kappa shape index (κ3) is 1.74. The number of nitrogens with zero attached hydrogens (tertiary/aromatic N) is 2. The van der Waals surface area contributed by atoms with Crippen LogP contribution in [0.25, 0.3) is 0 Å². The van der Waals surface area contributed by atoms with Gasteiger partial charge in [0.25, 0.3) is 0 Å². The number of nitrogens with one attached hydrogen (secondary N) is 1. The quantitative estimate of drug-likeness (QED) is 0.750. The van der Waals surface area contributed by atoms with E-state index in [0.29, 0.717) is 18.0 Å². The fourth-order valence-corrected chi connectivity index (χ4v) is 3.39. The molecule has 3 rings (SSSR count). The van der Waals surface area contributed by atoms with Crippen molar-refractivity contribution in [3.8, 4) is 0 Å². The van der Waals surface area contributed by atoms with Gasteiger partial charge in [0.2, 0.25) is 5.91 Å². The van der Waals surface area contributed by atoms with E-state index < -0.39 is 0 Å². The third-order valence-electron chi connectivity index (χ3n) is 4.21. The highest BCUT2D eigenvalue weighted by atomic mass is 16.2. The molecule has 3 aliphatic rings. The van der Waals surface area contributed by atoms with Gasteiger partial charge >= 0.3 is 0 Å². The molecule has 1 unspecified atom stereocenters. The lowest BCUT2D eigenvalue weighted by Crippen LogP contribution is -2.50. The summed E-state index contributed by atoms with van der Waals surface area (Å²) < 4.78 is 0. The van der Waals surface area contributed by atoms with Crippen molar-refractivity contribution in [1.82, 2.24) is 15.3 Å². The molecular formula is C12H21N3O. The van der Waals surface area contributed by atoms with Gasteiger partial charge in [-0.3, -0.25) is 9.80 Å². The van der Waals surface area contributed by atoms with Crippen LogP contribution >= 0.6 is 0 Å². The second-order valence-corrected chi connectivity index (χ2v) is 5.24. The Morgan fingerprint density at radius 1 is 1.12 bits per heavy atom. The van der Waals surface area contributed by atoms with Gasteiger partial charge in [-0.1, -0.05) is 12.8 Å². The summed E-state index contributed by atoms with van der Waals surface area (Å²) in [6.45, 7) is 3.10. The Hall–Kier alpha value is -0.610. The molecule has 2 aliphatic heterocycles. The molecular weight excluding hydrogens is 202 g/mol. The summed E-state index contributed by atoms with van der Waals surface area (Å²) in [5.41, 5.74) is 0. The Bertz CT molecular complexity index is 269. The van der Waals surface area contributed by atoms with E-state index in [4.69, 9.17) is 0 Å². The molecule has 0 radical (unpaired) electrons. The first-order valence-electron chi connectivity index (χ1n) is 6.65. The van der Waals surface area contributed by atoms with Gasteiger partial charge in [0.15, 0.2) is 0 Å². The van der Waals surface area contributed by atoms with Crippen LogP contribution in [-0.4, -0.2) is 47.6 Å². The maximum atomic E-state index is 12.0. The summed E-state index contributed by atoms with van der Waals surface area (Å²) in [7, 11) is 0. The average Bonchev–Trinajstić information content (AvgIpc) is 2.96. The number of hydrazine groups is 1. The first-order valence-corrected chi connectivity index (χ1v) is 6.65. The molecule has 1 amide bonds. The molecule has 2 heterocycles. The van der Waals surface area contributed by atoms with Gasteiger partial charge in [-0.2, -0.15) is 0 Å². The molecule has 90 valence electrons. The van der Waals surface area contributed by atoms with Crippen LogP contribution in [0.2, 0.25) is 0 Å². The molecule has 4 nitrogen and oxygen atoms in total. The van der Waals surface area contributed by atoms with Crippen molar-refractivity contribution in [3.05, 3.63) is 0 Å². The van der Waals surface area contributed by atoms with E-state index in [2.05, 4.69) is 15.3 Å². The van der Waals surface area contributed by atoms with Gasteiger partial charge in [0.1, 0.15) is 0 Å². The number of hydrogen-bond acceptors (Lipinski definition) is 3. The molecule has 0 aromatic carbocycles. The molecule has 2 saturated heterocycles. The van der Waals surface area contributed by atoms with Crippen molar-refractivity contribution < 1.29 is 4.79 Å². The third-order valence-corrected chi connectivity index (χ3v) is 4.21. The van der Waals surface area contributed by atoms with E-state index in [0.717, 1.165) is 26.1 Å². The summed E-state index contributed by atoms with van der Waals surface area (Å²) in [6, 6.07) is 1.07. The summed E-state index contributed by atoms with van der Waals surface area (Å²) in [6.07, 6.45) is 6.94. The smallest absolute Gasteiger partial charge is 0.238 e. The van der Waals surface area contributed by atoms with Crippen LogP contribution < -0.4 is 5.32 Å². The van der Waals surface area contributed by atoms with Crippen LogP contribution in [-0.2, 0) is 4.79 Å². The minimum absolute atomic E-state index is 0.360. The van der Waals surface area contributed by atoms with E-state index in [1.54, 1.807) is 0 Å². The first-order chi connectivity index (χ1) is 7.86. The summed E-state index contributed by atoms with van der Waals surface area (Å²) in [5, 5.41) is 7.87. The monoisotopic (exact) mass is 223 g/mol. The second kappa shape index (κ2) is 4.34. The summed E-state index contributed by atoms with van der Waals surface area (Å²) in [4.78, 5) is 12.0. The molecule has 4 heteroatoms. The topological polar surface area (TPSA) is 35.6 Å². The van der Waals surface area contributed by atoms with Gasteiger partial charge in [0.05, 0.1) is 0 Å². The molecule has 1 N–H and O–H groups in total. The number of rotatable bonds is 2. The van der Waals surface area contributed by atoms with E-state index in [9.17, 15) is 4.79 Å². The zero-order valence-corrected chi connectivity index (χ0v) is 9.82. The van der Waals surface area contributed by atoms with Crippen LogP contribution in [0.3, 0.4) is 0 Å². The average molecular weight is 223 g/mol. The number of hydrogen-bond donors (Lipinski definition) is 1. The molecule has 0 aromatic rings. The Labute approximate surface area is 96.9 Å². The van der Waals surface area contributed by atoms with Gasteiger partial charge < -0.3 is 5.32 Å². The van der Waals surface area contributed by atoms with Crippen molar-refractivity contribution >= 4 is 5.91 Å². The standard InChI is InChI=1S/C12H21N3O/c16-12-6-8-14(11-5-7-13-9-11)15(12)10-3-1-2-4-10/h10-11,13H,1-9H2. The molecule has 1 aliphatic carbocycles. The second-order valence-electron chi connectivity index (χ2n) is 5.24. The predicted octanol–water partition coefficient (Wildman–Crippen LogP) is 0.740. The number of carbonyl (C=O) groups excluding carboxylic acids is 1. The Morgan fingerprint density at radius 2 is 1.94 bits per heavy atom. The van der Waals surface area contributed by atoms with Crippen molar-refractivity contribution in [2.75, 3.05) is 19.6 Å². The molecule has 0 bridgehead atoms. The lowest BCUT2D eigenvalue weighted by atomic mass is 10.2. The Morgan fingerprint density at radius 3 is 2.62 bits per heavy atom. The normalized spacial score (nSPS) is 33.1. The zero-order chi connectivity index (χ0) is 11.0. The largest absolute Gasteiger partial charge is 0.315 e. The predicted molar refractivity (Wildman–Crippen MR) is 61.7 cm³/mol. The van der Waals surface area contributed by atoms with Crippen molar-refractivity contribution in [2.45, 2.75) is 50.6 Å². The summed E-state index contributed by atoms with van der Waals surface area (Å²) in [5.74, 6) is 0.360. The molecule has 16 heavy (non-hydrogen) atoms. The Kier molecular flexibility index (Phi) is 2.86. The van der Waals surface area contributed by atoms with E-state index in [1.165, 1.54) is 32.1 Å². The van der Waals surface area contributed by atoms with Gasteiger partial charge in [-0.05, 0) is 25.8 Å². The maximum Gasteiger partial charge on any atom is 0.238 e. The van der Waals surface area contributed by atoms with Gasteiger partial charge in [-0.15, -0.1) is 0 Å².